The summed E-state index contributed by atoms with van der Waals surface area (Å²) in [6.45, 7) is 9.79. The van der Waals surface area contributed by atoms with Crippen LogP contribution in [0.3, 0.4) is 0 Å². The lowest BCUT2D eigenvalue weighted by Gasteiger charge is -2.24. The average molecular weight is 264 g/mol. The Bertz CT molecular complexity index is 348. The Morgan fingerprint density at radius 2 is 1.53 bits per heavy atom. The molecule has 0 aliphatic carbocycles. The van der Waals surface area contributed by atoms with Crippen molar-refractivity contribution in [2.24, 2.45) is 0 Å². The van der Waals surface area contributed by atoms with Crippen LogP contribution in [0.25, 0.3) is 0 Å². The second-order valence-corrected chi connectivity index (χ2v) is 5.00. The summed E-state index contributed by atoms with van der Waals surface area (Å²) in [5.41, 5.74) is 0. The van der Waals surface area contributed by atoms with Crippen molar-refractivity contribution in [3.8, 4) is 0 Å². The van der Waals surface area contributed by atoms with Gasteiger partial charge in [0.2, 0.25) is 0 Å². The molecule has 0 amide bonds. The Morgan fingerprint density at radius 3 is 2.11 bits per heavy atom. The molecule has 0 N–H and O–H groups in total. The third-order valence-electron chi connectivity index (χ3n) is 3.19. The number of hydrogen-bond donors (Lipinski definition) is 0. The van der Waals surface area contributed by atoms with Crippen molar-refractivity contribution in [3.63, 3.8) is 0 Å². The third-order valence-corrected chi connectivity index (χ3v) is 3.19. The van der Waals surface area contributed by atoms with E-state index in [4.69, 9.17) is 0 Å². The van der Waals surface area contributed by atoms with Crippen molar-refractivity contribution in [2.45, 2.75) is 46.5 Å². The van der Waals surface area contributed by atoms with Crippen LogP contribution in [0.4, 0.5) is 11.6 Å². The number of aromatic nitrogens is 2. The van der Waals surface area contributed by atoms with Crippen LogP contribution >= 0.6 is 0 Å². The molecule has 0 saturated heterocycles. The molecule has 0 atom stereocenters. The van der Waals surface area contributed by atoms with Crippen LogP contribution in [-0.4, -0.2) is 36.6 Å². The van der Waals surface area contributed by atoms with Gasteiger partial charge < -0.3 is 9.80 Å². The molecule has 4 heteroatoms. The van der Waals surface area contributed by atoms with Crippen LogP contribution in [0.15, 0.2) is 12.4 Å². The minimum absolute atomic E-state index is 1.02. The molecule has 0 bridgehead atoms. The van der Waals surface area contributed by atoms with Crippen LogP contribution in [0, 0.1) is 0 Å². The van der Waals surface area contributed by atoms with E-state index in [2.05, 4.69) is 53.7 Å². The Morgan fingerprint density at radius 1 is 0.895 bits per heavy atom. The number of rotatable bonds is 9. The molecular formula is C15H28N4. The van der Waals surface area contributed by atoms with Gasteiger partial charge in [-0.05, 0) is 19.3 Å². The minimum atomic E-state index is 1.02. The molecule has 4 nitrogen and oxygen atoms in total. The topological polar surface area (TPSA) is 32.3 Å². The maximum atomic E-state index is 4.43. The Hall–Kier alpha value is -1.32. The normalized spacial score (nSPS) is 10.5. The van der Waals surface area contributed by atoms with Gasteiger partial charge in [0.25, 0.3) is 0 Å². The lowest BCUT2D eigenvalue weighted by molar-refractivity contribution is 0.728. The Kier molecular flexibility index (Phi) is 7.23. The lowest BCUT2D eigenvalue weighted by atomic mass is 10.3. The van der Waals surface area contributed by atoms with E-state index in [1.165, 1.54) is 12.8 Å². The highest BCUT2D eigenvalue weighted by Crippen LogP contribution is 2.17. The molecule has 0 fully saturated rings. The van der Waals surface area contributed by atoms with Gasteiger partial charge >= 0.3 is 0 Å². The molecule has 19 heavy (non-hydrogen) atoms. The SMILES string of the molecule is CCCCN(C)c1cc(N(CCC)CCC)ncn1. The van der Waals surface area contributed by atoms with Crippen molar-refractivity contribution in [3.05, 3.63) is 12.4 Å². The maximum Gasteiger partial charge on any atom is 0.134 e. The summed E-state index contributed by atoms with van der Waals surface area (Å²) in [7, 11) is 2.10. The minimum Gasteiger partial charge on any atom is -0.360 e. The van der Waals surface area contributed by atoms with Gasteiger partial charge in [-0.1, -0.05) is 27.2 Å². The summed E-state index contributed by atoms with van der Waals surface area (Å²) in [4.78, 5) is 13.4. The first-order chi connectivity index (χ1) is 9.22. The fourth-order valence-electron chi connectivity index (χ4n) is 2.11. The Labute approximate surface area is 117 Å². The average Bonchev–Trinajstić information content (AvgIpc) is 2.44. The van der Waals surface area contributed by atoms with Gasteiger partial charge in [0, 0.05) is 32.7 Å². The van der Waals surface area contributed by atoms with E-state index in [0.717, 1.165) is 44.1 Å². The monoisotopic (exact) mass is 264 g/mol. The van der Waals surface area contributed by atoms with Crippen molar-refractivity contribution in [1.29, 1.82) is 0 Å². The molecule has 1 heterocycles. The molecule has 0 radical (unpaired) electrons. The lowest BCUT2D eigenvalue weighted by Crippen LogP contribution is -2.27. The van der Waals surface area contributed by atoms with Gasteiger partial charge in [0.05, 0.1) is 0 Å². The predicted molar refractivity (Wildman–Crippen MR) is 83.0 cm³/mol. The van der Waals surface area contributed by atoms with E-state index in [0.29, 0.717) is 0 Å². The predicted octanol–water partition coefficient (Wildman–Crippen LogP) is 3.34. The second kappa shape index (κ2) is 8.73. The number of unbranched alkanes of at least 4 members (excludes halogenated alkanes) is 1. The van der Waals surface area contributed by atoms with Crippen LogP contribution < -0.4 is 9.80 Å². The maximum absolute atomic E-state index is 4.43. The highest BCUT2D eigenvalue weighted by Gasteiger charge is 2.09. The first-order valence-corrected chi connectivity index (χ1v) is 7.51. The molecule has 0 saturated carbocycles. The van der Waals surface area contributed by atoms with Crippen molar-refractivity contribution in [2.75, 3.05) is 36.5 Å². The molecule has 0 aliphatic rings. The molecule has 0 unspecified atom stereocenters. The van der Waals surface area contributed by atoms with Crippen LogP contribution in [0.2, 0.25) is 0 Å². The Balaban J connectivity index is 2.78. The fourth-order valence-corrected chi connectivity index (χ4v) is 2.11. The zero-order chi connectivity index (χ0) is 14.1. The summed E-state index contributed by atoms with van der Waals surface area (Å²) in [6, 6.07) is 2.11. The molecule has 1 aromatic heterocycles. The summed E-state index contributed by atoms with van der Waals surface area (Å²) >= 11 is 0. The van der Waals surface area contributed by atoms with E-state index in [1.807, 2.05) is 0 Å². The van der Waals surface area contributed by atoms with Gasteiger partial charge in [0.15, 0.2) is 0 Å². The molecule has 1 aromatic rings. The largest absolute Gasteiger partial charge is 0.360 e. The quantitative estimate of drug-likeness (QED) is 0.685. The van der Waals surface area contributed by atoms with E-state index >= 15 is 0 Å². The zero-order valence-corrected chi connectivity index (χ0v) is 12.9. The first-order valence-electron chi connectivity index (χ1n) is 7.51. The fraction of sp³-hybridized carbons (Fsp3) is 0.733. The number of nitrogens with zero attached hydrogens (tertiary/aromatic N) is 4. The second-order valence-electron chi connectivity index (χ2n) is 5.00. The third kappa shape index (κ3) is 5.05. The smallest absolute Gasteiger partial charge is 0.134 e. The van der Waals surface area contributed by atoms with Gasteiger partial charge in [0.1, 0.15) is 18.0 Å². The van der Waals surface area contributed by atoms with Gasteiger partial charge in [-0.25, -0.2) is 9.97 Å². The summed E-state index contributed by atoms with van der Waals surface area (Å²) < 4.78 is 0. The summed E-state index contributed by atoms with van der Waals surface area (Å²) in [5, 5.41) is 0. The number of anilines is 2. The summed E-state index contributed by atoms with van der Waals surface area (Å²) in [5.74, 6) is 2.08. The standard InChI is InChI=1S/C15H28N4/c1-5-8-11-18(4)14-12-15(17-13-16-14)19(9-6-2)10-7-3/h12-13H,5-11H2,1-4H3. The zero-order valence-electron chi connectivity index (χ0n) is 12.9. The molecular weight excluding hydrogens is 236 g/mol. The molecule has 0 spiro atoms. The molecule has 1 rings (SSSR count). The van der Waals surface area contributed by atoms with Crippen molar-refractivity contribution >= 4 is 11.6 Å². The number of hydrogen-bond acceptors (Lipinski definition) is 4. The van der Waals surface area contributed by atoms with Crippen LogP contribution in [-0.2, 0) is 0 Å². The van der Waals surface area contributed by atoms with E-state index in [1.54, 1.807) is 6.33 Å². The van der Waals surface area contributed by atoms with Crippen molar-refractivity contribution in [1.82, 2.24) is 9.97 Å². The van der Waals surface area contributed by atoms with Gasteiger partial charge in [-0.3, -0.25) is 0 Å². The summed E-state index contributed by atoms with van der Waals surface area (Å²) in [6.07, 6.45) is 6.38. The van der Waals surface area contributed by atoms with Crippen LogP contribution in [0.1, 0.15) is 46.5 Å². The highest BCUT2D eigenvalue weighted by atomic mass is 15.2. The van der Waals surface area contributed by atoms with E-state index in [9.17, 15) is 0 Å². The van der Waals surface area contributed by atoms with Gasteiger partial charge in [-0.2, -0.15) is 0 Å². The van der Waals surface area contributed by atoms with Gasteiger partial charge in [-0.15, -0.1) is 0 Å². The van der Waals surface area contributed by atoms with E-state index < -0.39 is 0 Å². The first kappa shape index (κ1) is 15.7. The molecule has 108 valence electrons. The highest BCUT2D eigenvalue weighted by molar-refractivity contribution is 5.49. The molecule has 0 aromatic carbocycles. The van der Waals surface area contributed by atoms with Crippen LogP contribution in [0.5, 0.6) is 0 Å². The molecule has 0 aliphatic heterocycles. The van der Waals surface area contributed by atoms with E-state index in [-0.39, 0.29) is 0 Å². The van der Waals surface area contributed by atoms with Crippen molar-refractivity contribution < 1.29 is 0 Å².